The zero-order chi connectivity index (χ0) is 19.9. The van der Waals surface area contributed by atoms with Crippen molar-refractivity contribution >= 4 is 24.2 Å². The normalized spacial score (nSPS) is 22.8. The van der Waals surface area contributed by atoms with E-state index in [4.69, 9.17) is 0 Å². The van der Waals surface area contributed by atoms with Gasteiger partial charge in [-0.2, -0.15) is 0 Å². The van der Waals surface area contributed by atoms with Crippen LogP contribution in [0.1, 0.15) is 27.7 Å². The molecule has 0 aromatic heterocycles. The smallest absolute Gasteiger partial charge is 0.259 e. The SMILES string of the molecule is CN1C(=O)C(C=NCCN=CC2=C(O)C(C)(C)N(C)C2=O)=C(O)C1(C)C. The molecule has 0 saturated carbocycles. The summed E-state index contributed by atoms with van der Waals surface area (Å²) >= 11 is 0. The van der Waals surface area contributed by atoms with E-state index < -0.39 is 11.1 Å². The number of carbonyl (C=O) groups is 2. The van der Waals surface area contributed by atoms with E-state index in [1.807, 2.05) is 0 Å². The van der Waals surface area contributed by atoms with Crippen molar-refractivity contribution in [3.63, 3.8) is 0 Å². The summed E-state index contributed by atoms with van der Waals surface area (Å²) in [6.07, 6.45) is 2.71. The zero-order valence-electron chi connectivity index (χ0n) is 16.1. The first kappa shape index (κ1) is 19.7. The number of likely N-dealkylation sites (N-methyl/N-ethyl adjacent to an activating group) is 2. The number of aliphatic hydroxyl groups excluding tert-OH is 2. The van der Waals surface area contributed by atoms with Crippen molar-refractivity contribution in [3.05, 3.63) is 22.7 Å². The molecule has 2 heterocycles. The van der Waals surface area contributed by atoms with Crippen molar-refractivity contribution < 1.29 is 19.8 Å². The lowest BCUT2D eigenvalue weighted by atomic mass is 10.0. The second kappa shape index (κ2) is 6.59. The molecule has 8 nitrogen and oxygen atoms in total. The highest BCUT2D eigenvalue weighted by Gasteiger charge is 2.43. The van der Waals surface area contributed by atoms with Gasteiger partial charge in [0.1, 0.15) is 11.5 Å². The van der Waals surface area contributed by atoms with Crippen molar-refractivity contribution in [3.8, 4) is 0 Å². The third kappa shape index (κ3) is 3.00. The lowest BCUT2D eigenvalue weighted by molar-refractivity contribution is -0.127. The van der Waals surface area contributed by atoms with Crippen LogP contribution >= 0.6 is 0 Å². The van der Waals surface area contributed by atoms with E-state index >= 15 is 0 Å². The molecule has 2 rings (SSSR count). The molecule has 0 saturated heterocycles. The monoisotopic (exact) mass is 362 g/mol. The molecule has 0 bridgehead atoms. The van der Waals surface area contributed by atoms with Crippen molar-refractivity contribution in [1.82, 2.24) is 9.80 Å². The van der Waals surface area contributed by atoms with Crippen molar-refractivity contribution in [1.29, 1.82) is 0 Å². The number of rotatable bonds is 5. The number of hydrogen-bond donors (Lipinski definition) is 2. The predicted molar refractivity (Wildman–Crippen MR) is 99.7 cm³/mol. The fourth-order valence-corrected chi connectivity index (χ4v) is 2.71. The Balaban J connectivity index is 1.98. The topological polar surface area (TPSA) is 106 Å². The summed E-state index contributed by atoms with van der Waals surface area (Å²) in [4.78, 5) is 35.4. The third-order valence-electron chi connectivity index (χ3n) is 5.22. The van der Waals surface area contributed by atoms with Crippen LogP contribution in [-0.4, -0.2) is 82.5 Å². The average Bonchev–Trinajstić information content (AvgIpc) is 2.82. The summed E-state index contributed by atoms with van der Waals surface area (Å²) in [6, 6.07) is 0. The minimum absolute atomic E-state index is 0.00542. The van der Waals surface area contributed by atoms with Gasteiger partial charge in [0.05, 0.1) is 35.3 Å². The number of aliphatic hydroxyl groups is 2. The Morgan fingerprint density at radius 1 is 0.808 bits per heavy atom. The van der Waals surface area contributed by atoms with Crippen LogP contribution in [-0.2, 0) is 9.59 Å². The predicted octanol–water partition coefficient (Wildman–Crippen LogP) is 1.25. The molecule has 0 spiro atoms. The maximum Gasteiger partial charge on any atom is 0.259 e. The van der Waals surface area contributed by atoms with E-state index in [9.17, 15) is 19.8 Å². The minimum Gasteiger partial charge on any atom is -0.509 e. The molecule has 0 atom stereocenters. The van der Waals surface area contributed by atoms with Gasteiger partial charge < -0.3 is 20.0 Å². The second-order valence-corrected chi connectivity index (χ2v) is 7.44. The highest BCUT2D eigenvalue weighted by molar-refractivity contribution is 6.15. The van der Waals surface area contributed by atoms with Gasteiger partial charge in [0, 0.05) is 26.5 Å². The Morgan fingerprint density at radius 3 is 1.35 bits per heavy atom. The first-order chi connectivity index (χ1) is 11.9. The maximum atomic E-state index is 12.1. The van der Waals surface area contributed by atoms with Gasteiger partial charge in [0.15, 0.2) is 0 Å². The van der Waals surface area contributed by atoms with Crippen molar-refractivity contribution in [2.24, 2.45) is 9.98 Å². The molecule has 0 aromatic carbocycles. The van der Waals surface area contributed by atoms with Crippen LogP contribution < -0.4 is 0 Å². The summed E-state index contributed by atoms with van der Waals surface area (Å²) in [5.74, 6) is -0.573. The number of carbonyl (C=O) groups excluding carboxylic acids is 2. The van der Waals surface area contributed by atoms with Gasteiger partial charge in [0.25, 0.3) is 11.8 Å². The van der Waals surface area contributed by atoms with Crippen LogP contribution in [0, 0.1) is 0 Å². The molecular weight excluding hydrogens is 336 g/mol. The average molecular weight is 362 g/mol. The Morgan fingerprint density at radius 2 is 1.12 bits per heavy atom. The van der Waals surface area contributed by atoms with E-state index in [0.29, 0.717) is 0 Å². The second-order valence-electron chi connectivity index (χ2n) is 7.44. The molecule has 2 aliphatic rings. The Hall–Kier alpha value is -2.64. The van der Waals surface area contributed by atoms with E-state index in [1.165, 1.54) is 22.2 Å². The quantitative estimate of drug-likeness (QED) is 0.567. The largest absolute Gasteiger partial charge is 0.509 e. The molecule has 8 heteroatoms. The van der Waals surface area contributed by atoms with Crippen LogP contribution in [0.15, 0.2) is 32.6 Å². The summed E-state index contributed by atoms with van der Waals surface area (Å²) in [7, 11) is 3.25. The molecule has 0 fully saturated rings. The minimum atomic E-state index is -0.748. The Labute approximate surface area is 153 Å². The van der Waals surface area contributed by atoms with E-state index in [-0.39, 0.29) is 47.6 Å². The number of nitrogens with zero attached hydrogens (tertiary/aromatic N) is 4. The third-order valence-corrected chi connectivity index (χ3v) is 5.22. The highest BCUT2D eigenvalue weighted by atomic mass is 16.3. The van der Waals surface area contributed by atoms with Crippen LogP contribution in [0.5, 0.6) is 0 Å². The van der Waals surface area contributed by atoms with Gasteiger partial charge in [-0.15, -0.1) is 0 Å². The summed E-state index contributed by atoms with van der Waals surface area (Å²) in [5, 5.41) is 20.3. The number of amides is 2. The van der Waals surface area contributed by atoms with E-state index in [0.717, 1.165) is 0 Å². The van der Waals surface area contributed by atoms with Gasteiger partial charge in [0.2, 0.25) is 0 Å². The molecule has 2 aliphatic heterocycles. The molecular formula is C18H26N4O4. The van der Waals surface area contributed by atoms with Crippen molar-refractivity contribution in [2.45, 2.75) is 38.8 Å². The maximum absolute atomic E-state index is 12.1. The fraction of sp³-hybridized carbons (Fsp3) is 0.556. The zero-order valence-corrected chi connectivity index (χ0v) is 16.1. The highest BCUT2D eigenvalue weighted by Crippen LogP contribution is 2.32. The number of hydrogen-bond acceptors (Lipinski definition) is 6. The van der Waals surface area contributed by atoms with Crippen LogP contribution in [0.4, 0.5) is 0 Å². The van der Waals surface area contributed by atoms with Crippen LogP contribution in [0.2, 0.25) is 0 Å². The molecule has 0 aromatic rings. The van der Waals surface area contributed by atoms with Gasteiger partial charge in [-0.05, 0) is 27.7 Å². The summed E-state index contributed by atoms with van der Waals surface area (Å²) in [6.45, 7) is 7.58. The van der Waals surface area contributed by atoms with E-state index in [2.05, 4.69) is 9.98 Å². The Bertz CT molecular complexity index is 695. The molecule has 0 radical (unpaired) electrons. The van der Waals surface area contributed by atoms with Gasteiger partial charge in [-0.3, -0.25) is 19.6 Å². The summed E-state index contributed by atoms with van der Waals surface area (Å²) in [5.41, 5.74) is -1.14. The van der Waals surface area contributed by atoms with Crippen molar-refractivity contribution in [2.75, 3.05) is 27.2 Å². The van der Waals surface area contributed by atoms with Gasteiger partial charge >= 0.3 is 0 Å². The summed E-state index contributed by atoms with van der Waals surface area (Å²) < 4.78 is 0. The van der Waals surface area contributed by atoms with Gasteiger partial charge in [-0.1, -0.05) is 0 Å². The molecule has 26 heavy (non-hydrogen) atoms. The molecule has 142 valence electrons. The van der Waals surface area contributed by atoms with E-state index in [1.54, 1.807) is 41.8 Å². The molecule has 2 N–H and O–H groups in total. The number of aliphatic imine (C=N–C) groups is 2. The standard InChI is InChI=1S/C18H26N4O4/c1-17(2)13(23)11(15(25)21(17)5)9-19-7-8-20-10-12-14(24)18(3,4)22(6)16(12)26/h9-10,23-24H,7-8H2,1-6H3. The lowest BCUT2D eigenvalue weighted by Crippen LogP contribution is -2.40. The first-order valence-electron chi connectivity index (χ1n) is 8.37. The van der Waals surface area contributed by atoms with Gasteiger partial charge in [-0.25, -0.2) is 0 Å². The Kier molecular flexibility index (Phi) is 4.98. The fourth-order valence-electron chi connectivity index (χ4n) is 2.71. The molecule has 0 unspecified atom stereocenters. The van der Waals surface area contributed by atoms with Crippen LogP contribution in [0.3, 0.4) is 0 Å². The van der Waals surface area contributed by atoms with Crippen LogP contribution in [0.25, 0.3) is 0 Å². The first-order valence-corrected chi connectivity index (χ1v) is 8.37. The lowest BCUT2D eigenvalue weighted by Gasteiger charge is -2.27. The molecule has 2 amide bonds. The molecule has 0 aliphatic carbocycles.